The highest BCUT2D eigenvalue weighted by Crippen LogP contribution is 2.16. The first kappa shape index (κ1) is 14.8. The molecular weight excluding hydrogens is 262 g/mol. The van der Waals surface area contributed by atoms with Gasteiger partial charge in [0.15, 0.2) is 0 Å². The fourth-order valence-corrected chi connectivity index (χ4v) is 2.17. The molecule has 3 nitrogen and oxygen atoms in total. The summed E-state index contributed by atoms with van der Waals surface area (Å²) in [5, 5.41) is 11.7. The van der Waals surface area contributed by atoms with Gasteiger partial charge >= 0.3 is 0 Å². The number of aliphatic hydroxyl groups excluding tert-OH is 1. The molecule has 2 rings (SSSR count). The van der Waals surface area contributed by atoms with Crippen molar-refractivity contribution in [3.8, 4) is 11.8 Å². The van der Waals surface area contributed by atoms with Crippen LogP contribution < -0.4 is 5.32 Å². The van der Waals surface area contributed by atoms with Gasteiger partial charge in [-0.15, -0.1) is 0 Å². The molecule has 0 aliphatic carbocycles. The molecule has 0 fully saturated rings. The number of hydrogen-bond donors (Lipinski definition) is 2. The molecule has 0 heterocycles. The Kier molecular flexibility index (Phi) is 4.76. The highest BCUT2D eigenvalue weighted by atomic mass is 16.2. The molecule has 0 unspecified atom stereocenters. The number of carbonyl (C=O) groups is 1. The lowest BCUT2D eigenvalue weighted by Crippen LogP contribution is -2.13. The first-order chi connectivity index (χ1) is 10.1. The standard InChI is InChI=1S/C18H17NO2/c1-13-10-14(2)12-16(11-13)19-18(21)17-8-4-3-6-15(17)7-5-9-20/h3-4,6,8,10-12,20H,9H2,1-2H3,(H,19,21). The van der Waals surface area contributed by atoms with Crippen LogP contribution in [-0.4, -0.2) is 17.6 Å². The van der Waals surface area contributed by atoms with Gasteiger partial charge in [0.2, 0.25) is 0 Å². The van der Waals surface area contributed by atoms with Crippen LogP contribution in [0.4, 0.5) is 5.69 Å². The smallest absolute Gasteiger partial charge is 0.256 e. The molecule has 0 atom stereocenters. The molecule has 21 heavy (non-hydrogen) atoms. The number of hydrogen-bond acceptors (Lipinski definition) is 2. The molecule has 0 radical (unpaired) electrons. The van der Waals surface area contributed by atoms with Crippen molar-refractivity contribution in [3.63, 3.8) is 0 Å². The fraction of sp³-hybridized carbons (Fsp3) is 0.167. The Morgan fingerprint density at radius 2 is 1.81 bits per heavy atom. The van der Waals surface area contributed by atoms with Crippen molar-refractivity contribution in [1.29, 1.82) is 0 Å². The summed E-state index contributed by atoms with van der Waals surface area (Å²) in [5.41, 5.74) is 4.06. The lowest BCUT2D eigenvalue weighted by molar-refractivity contribution is 0.102. The Bertz CT molecular complexity index is 703. The maximum atomic E-state index is 12.4. The van der Waals surface area contributed by atoms with E-state index in [4.69, 9.17) is 5.11 Å². The van der Waals surface area contributed by atoms with E-state index in [2.05, 4.69) is 23.2 Å². The van der Waals surface area contributed by atoms with Crippen LogP contribution in [0.3, 0.4) is 0 Å². The van der Waals surface area contributed by atoms with Gasteiger partial charge in [-0.1, -0.05) is 30.0 Å². The summed E-state index contributed by atoms with van der Waals surface area (Å²) in [6, 6.07) is 13.0. The minimum absolute atomic E-state index is 0.206. The highest BCUT2D eigenvalue weighted by molar-refractivity contribution is 6.06. The van der Waals surface area contributed by atoms with E-state index in [0.29, 0.717) is 11.1 Å². The van der Waals surface area contributed by atoms with Crippen LogP contribution in [0.15, 0.2) is 42.5 Å². The van der Waals surface area contributed by atoms with Gasteiger partial charge in [0, 0.05) is 11.3 Å². The lowest BCUT2D eigenvalue weighted by Gasteiger charge is -2.09. The SMILES string of the molecule is Cc1cc(C)cc(NC(=O)c2ccccc2C#CCO)c1. The second kappa shape index (κ2) is 6.74. The first-order valence-electron chi connectivity index (χ1n) is 6.68. The minimum atomic E-state index is -0.229. The van der Waals surface area contributed by atoms with Crippen molar-refractivity contribution in [2.75, 3.05) is 11.9 Å². The zero-order chi connectivity index (χ0) is 15.2. The number of amides is 1. The molecule has 0 aromatic heterocycles. The summed E-state index contributed by atoms with van der Waals surface area (Å²) in [7, 11) is 0. The zero-order valence-corrected chi connectivity index (χ0v) is 12.1. The van der Waals surface area contributed by atoms with Crippen molar-refractivity contribution in [3.05, 3.63) is 64.7 Å². The third kappa shape index (κ3) is 3.95. The second-order valence-electron chi connectivity index (χ2n) is 4.84. The van der Waals surface area contributed by atoms with Crippen molar-refractivity contribution < 1.29 is 9.90 Å². The summed E-state index contributed by atoms with van der Waals surface area (Å²) in [5.74, 6) is 5.15. The molecular formula is C18H17NO2. The van der Waals surface area contributed by atoms with Gasteiger partial charge in [0.25, 0.3) is 5.91 Å². The Morgan fingerprint density at radius 1 is 1.14 bits per heavy atom. The molecule has 0 aliphatic rings. The average molecular weight is 279 g/mol. The Labute approximate surface area is 124 Å². The molecule has 0 saturated carbocycles. The number of anilines is 1. The molecule has 2 aromatic rings. The van der Waals surface area contributed by atoms with Crippen molar-refractivity contribution >= 4 is 11.6 Å². The van der Waals surface area contributed by atoms with Gasteiger partial charge in [-0.2, -0.15) is 0 Å². The second-order valence-corrected chi connectivity index (χ2v) is 4.84. The van der Waals surface area contributed by atoms with Gasteiger partial charge < -0.3 is 10.4 Å². The topological polar surface area (TPSA) is 49.3 Å². The summed E-state index contributed by atoms with van der Waals surface area (Å²) >= 11 is 0. The maximum absolute atomic E-state index is 12.4. The molecule has 2 N–H and O–H groups in total. The summed E-state index contributed by atoms with van der Waals surface area (Å²) in [4.78, 5) is 12.4. The van der Waals surface area contributed by atoms with E-state index in [-0.39, 0.29) is 12.5 Å². The van der Waals surface area contributed by atoms with Gasteiger partial charge in [0.05, 0.1) is 5.56 Å². The summed E-state index contributed by atoms with van der Waals surface area (Å²) in [6.45, 7) is 3.75. The van der Waals surface area contributed by atoms with E-state index in [1.165, 1.54) is 0 Å². The molecule has 0 spiro atoms. The molecule has 3 heteroatoms. The maximum Gasteiger partial charge on any atom is 0.256 e. The van der Waals surface area contributed by atoms with Gasteiger partial charge in [-0.3, -0.25) is 4.79 Å². The highest BCUT2D eigenvalue weighted by Gasteiger charge is 2.10. The number of rotatable bonds is 2. The lowest BCUT2D eigenvalue weighted by atomic mass is 10.1. The molecule has 0 saturated heterocycles. The molecule has 0 bridgehead atoms. The largest absolute Gasteiger partial charge is 0.384 e. The van der Waals surface area contributed by atoms with E-state index < -0.39 is 0 Å². The normalized spacial score (nSPS) is 9.67. The van der Waals surface area contributed by atoms with Crippen LogP contribution in [0.1, 0.15) is 27.0 Å². The quantitative estimate of drug-likeness (QED) is 0.830. The number of aliphatic hydroxyl groups is 1. The Hall–Kier alpha value is -2.57. The fourth-order valence-electron chi connectivity index (χ4n) is 2.17. The summed E-state index contributed by atoms with van der Waals surface area (Å²) in [6.07, 6.45) is 0. The summed E-state index contributed by atoms with van der Waals surface area (Å²) < 4.78 is 0. The van der Waals surface area contributed by atoms with Crippen molar-refractivity contribution in [2.24, 2.45) is 0 Å². The van der Waals surface area contributed by atoms with Crippen LogP contribution in [0.2, 0.25) is 0 Å². The van der Waals surface area contributed by atoms with E-state index in [9.17, 15) is 4.79 Å². The average Bonchev–Trinajstić information content (AvgIpc) is 2.44. The third-order valence-corrected chi connectivity index (χ3v) is 2.95. The molecule has 0 aliphatic heterocycles. The minimum Gasteiger partial charge on any atom is -0.384 e. The van der Waals surface area contributed by atoms with E-state index in [1.54, 1.807) is 18.2 Å². The van der Waals surface area contributed by atoms with Crippen LogP contribution in [0.25, 0.3) is 0 Å². The van der Waals surface area contributed by atoms with Gasteiger partial charge in [-0.05, 0) is 49.2 Å². The monoisotopic (exact) mass is 279 g/mol. The Balaban J connectivity index is 2.28. The molecule has 106 valence electrons. The predicted molar refractivity (Wildman–Crippen MR) is 84.3 cm³/mol. The number of aryl methyl sites for hydroxylation is 2. The number of benzene rings is 2. The van der Waals surface area contributed by atoms with E-state index >= 15 is 0 Å². The van der Waals surface area contributed by atoms with Crippen LogP contribution in [0, 0.1) is 25.7 Å². The van der Waals surface area contributed by atoms with E-state index in [1.807, 2.05) is 32.0 Å². The predicted octanol–water partition coefficient (Wildman–Crippen LogP) is 2.90. The van der Waals surface area contributed by atoms with Crippen LogP contribution in [-0.2, 0) is 0 Å². The first-order valence-corrected chi connectivity index (χ1v) is 6.68. The van der Waals surface area contributed by atoms with Gasteiger partial charge in [-0.25, -0.2) is 0 Å². The number of nitrogens with one attached hydrogen (secondary N) is 1. The third-order valence-electron chi connectivity index (χ3n) is 2.95. The Morgan fingerprint density at radius 3 is 2.48 bits per heavy atom. The molecule has 2 aromatic carbocycles. The van der Waals surface area contributed by atoms with E-state index in [0.717, 1.165) is 16.8 Å². The zero-order valence-electron chi connectivity index (χ0n) is 12.1. The molecule has 1 amide bonds. The van der Waals surface area contributed by atoms with Crippen LogP contribution in [0.5, 0.6) is 0 Å². The van der Waals surface area contributed by atoms with Crippen molar-refractivity contribution in [2.45, 2.75) is 13.8 Å². The van der Waals surface area contributed by atoms with Crippen molar-refractivity contribution in [1.82, 2.24) is 0 Å². The number of carbonyl (C=O) groups excluding carboxylic acids is 1. The van der Waals surface area contributed by atoms with Gasteiger partial charge in [0.1, 0.15) is 6.61 Å². The van der Waals surface area contributed by atoms with Crippen LogP contribution >= 0.6 is 0 Å².